The number of carbonyl (C=O) groups is 2. The van der Waals surface area contributed by atoms with Gasteiger partial charge in [-0.3, -0.25) is 0 Å². The average molecular weight is 438 g/mol. The van der Waals surface area contributed by atoms with Crippen LogP contribution < -0.4 is 4.74 Å². The highest BCUT2D eigenvalue weighted by Gasteiger charge is 2.31. The van der Waals surface area contributed by atoms with Gasteiger partial charge in [0.15, 0.2) is 6.61 Å². The van der Waals surface area contributed by atoms with E-state index in [9.17, 15) is 9.59 Å². The Morgan fingerprint density at radius 1 is 1.12 bits per heavy atom. The zero-order valence-electron chi connectivity index (χ0n) is 19.2. The highest BCUT2D eigenvalue weighted by molar-refractivity contribution is 5.72. The maximum atomic E-state index is 12.3. The van der Waals surface area contributed by atoms with Crippen molar-refractivity contribution >= 4 is 17.6 Å². The van der Waals surface area contributed by atoms with Gasteiger partial charge in [-0.1, -0.05) is 48.5 Å². The lowest BCUT2D eigenvalue weighted by Gasteiger charge is -2.19. The normalized spacial score (nSPS) is 16.6. The summed E-state index contributed by atoms with van der Waals surface area (Å²) < 4.78 is 16.3. The van der Waals surface area contributed by atoms with E-state index in [1.54, 1.807) is 4.90 Å². The Morgan fingerprint density at radius 2 is 1.81 bits per heavy atom. The summed E-state index contributed by atoms with van der Waals surface area (Å²) in [7, 11) is 0. The van der Waals surface area contributed by atoms with Crippen LogP contribution in [0.4, 0.5) is 4.79 Å². The van der Waals surface area contributed by atoms with E-state index in [4.69, 9.17) is 14.2 Å². The first-order valence-electron chi connectivity index (χ1n) is 10.9. The van der Waals surface area contributed by atoms with Gasteiger partial charge in [0.05, 0.1) is 6.54 Å². The summed E-state index contributed by atoms with van der Waals surface area (Å²) in [4.78, 5) is 25.8. The number of rotatable bonds is 8. The number of allylic oxidation sites excluding steroid dienone is 1. The molecule has 1 amide bonds. The summed E-state index contributed by atoms with van der Waals surface area (Å²) in [6.07, 6.45) is 2.26. The van der Waals surface area contributed by atoms with Crippen LogP contribution in [0.15, 0.2) is 60.7 Å². The molecule has 1 aliphatic heterocycles. The summed E-state index contributed by atoms with van der Waals surface area (Å²) in [5, 5.41) is 0. The van der Waals surface area contributed by atoms with Gasteiger partial charge >= 0.3 is 12.1 Å². The molecule has 1 heterocycles. The number of ether oxygens (including phenoxy) is 3. The number of cyclic esters (lactones) is 1. The number of benzene rings is 2. The Balaban J connectivity index is 1.51. The molecule has 1 saturated heterocycles. The molecule has 1 aliphatic rings. The van der Waals surface area contributed by atoms with E-state index in [2.05, 4.69) is 0 Å². The lowest BCUT2D eigenvalue weighted by molar-refractivity contribution is -0.157. The number of amides is 1. The van der Waals surface area contributed by atoms with Crippen molar-refractivity contribution in [3.8, 4) is 5.75 Å². The first-order valence-corrected chi connectivity index (χ1v) is 10.9. The van der Waals surface area contributed by atoms with E-state index < -0.39 is 11.6 Å². The second-order valence-corrected chi connectivity index (χ2v) is 8.69. The second-order valence-electron chi connectivity index (χ2n) is 8.69. The van der Waals surface area contributed by atoms with Gasteiger partial charge < -0.3 is 19.1 Å². The van der Waals surface area contributed by atoms with Gasteiger partial charge in [0.1, 0.15) is 17.5 Å². The molecule has 0 aliphatic carbocycles. The molecular weight excluding hydrogens is 406 g/mol. The van der Waals surface area contributed by atoms with Crippen molar-refractivity contribution < 1.29 is 23.8 Å². The molecule has 6 nitrogen and oxygen atoms in total. The molecule has 1 unspecified atom stereocenters. The SMILES string of the molecule is C/C=C(\CCN1CC(c2ccccc2)OC1=O)c1ccc(OCC(=O)OC(C)(C)C)cc1. The van der Waals surface area contributed by atoms with Crippen molar-refractivity contribution in [3.63, 3.8) is 0 Å². The van der Waals surface area contributed by atoms with Crippen molar-refractivity contribution in [1.29, 1.82) is 0 Å². The van der Waals surface area contributed by atoms with Crippen molar-refractivity contribution in [2.75, 3.05) is 19.7 Å². The highest BCUT2D eigenvalue weighted by atomic mass is 16.6. The van der Waals surface area contributed by atoms with Crippen LogP contribution in [0.2, 0.25) is 0 Å². The zero-order valence-corrected chi connectivity index (χ0v) is 19.2. The number of nitrogens with zero attached hydrogens (tertiary/aromatic N) is 1. The van der Waals surface area contributed by atoms with Crippen LogP contribution in [0.3, 0.4) is 0 Å². The summed E-state index contributed by atoms with van der Waals surface area (Å²) in [6.45, 7) is 8.45. The standard InChI is InChI=1S/C26H31NO5/c1-5-19(15-16-27-17-23(31-25(27)29)21-9-7-6-8-10-21)20-11-13-22(14-12-20)30-18-24(28)32-26(2,3)4/h5-14,23H,15-18H2,1-4H3/b19-5+. The molecule has 0 aromatic heterocycles. The molecule has 0 bridgehead atoms. The fourth-order valence-electron chi connectivity index (χ4n) is 3.52. The number of carbonyl (C=O) groups excluding carboxylic acids is 2. The monoisotopic (exact) mass is 437 g/mol. The van der Waals surface area contributed by atoms with E-state index in [1.807, 2.05) is 88.4 Å². The third-order valence-electron chi connectivity index (χ3n) is 5.06. The van der Waals surface area contributed by atoms with Crippen molar-refractivity contribution in [2.45, 2.75) is 45.8 Å². The van der Waals surface area contributed by atoms with Gasteiger partial charge in [0.25, 0.3) is 0 Å². The lowest BCUT2D eigenvalue weighted by atomic mass is 10.0. The minimum atomic E-state index is -0.534. The Bertz CT molecular complexity index is 944. The van der Waals surface area contributed by atoms with Crippen molar-refractivity contribution in [1.82, 2.24) is 4.90 Å². The van der Waals surface area contributed by atoms with Crippen molar-refractivity contribution in [2.24, 2.45) is 0 Å². The molecule has 0 saturated carbocycles. The quantitative estimate of drug-likeness (QED) is 0.518. The molecule has 32 heavy (non-hydrogen) atoms. The third kappa shape index (κ3) is 6.61. The fraction of sp³-hybridized carbons (Fsp3) is 0.385. The molecule has 170 valence electrons. The molecule has 2 aromatic carbocycles. The van der Waals surface area contributed by atoms with Crippen LogP contribution in [-0.4, -0.2) is 42.3 Å². The number of hydrogen-bond donors (Lipinski definition) is 0. The van der Waals surface area contributed by atoms with Gasteiger partial charge in [-0.25, -0.2) is 9.59 Å². The minimum Gasteiger partial charge on any atom is -0.482 e. The molecule has 0 radical (unpaired) electrons. The third-order valence-corrected chi connectivity index (χ3v) is 5.06. The Hall–Kier alpha value is -3.28. The summed E-state index contributed by atoms with van der Waals surface area (Å²) >= 11 is 0. The van der Waals surface area contributed by atoms with Gasteiger partial charge in [0, 0.05) is 6.54 Å². The largest absolute Gasteiger partial charge is 0.482 e. The van der Waals surface area contributed by atoms with E-state index in [0.717, 1.165) is 16.7 Å². The first kappa shape index (κ1) is 23.4. The van der Waals surface area contributed by atoms with Gasteiger partial charge in [-0.2, -0.15) is 0 Å². The van der Waals surface area contributed by atoms with Crippen LogP contribution >= 0.6 is 0 Å². The van der Waals surface area contributed by atoms with E-state index >= 15 is 0 Å². The molecule has 1 fully saturated rings. The summed E-state index contributed by atoms with van der Waals surface area (Å²) in [5.74, 6) is 0.200. The van der Waals surface area contributed by atoms with Crippen LogP contribution in [0.1, 0.15) is 51.3 Å². The summed E-state index contributed by atoms with van der Waals surface area (Å²) in [6, 6.07) is 17.4. The molecule has 3 rings (SSSR count). The molecule has 6 heteroatoms. The topological polar surface area (TPSA) is 65.1 Å². The average Bonchev–Trinajstić information content (AvgIpc) is 3.13. The van der Waals surface area contributed by atoms with Crippen LogP contribution in [0.5, 0.6) is 5.75 Å². The van der Waals surface area contributed by atoms with E-state index in [-0.39, 0.29) is 18.8 Å². The maximum absolute atomic E-state index is 12.3. The maximum Gasteiger partial charge on any atom is 0.410 e. The second kappa shape index (κ2) is 10.4. The highest BCUT2D eigenvalue weighted by Crippen LogP contribution is 2.28. The minimum absolute atomic E-state index is 0.132. The zero-order chi connectivity index (χ0) is 23.1. The molecule has 2 aromatic rings. The predicted octanol–water partition coefficient (Wildman–Crippen LogP) is 5.39. The Morgan fingerprint density at radius 3 is 2.44 bits per heavy atom. The summed E-state index contributed by atoms with van der Waals surface area (Å²) in [5.41, 5.74) is 2.65. The smallest absolute Gasteiger partial charge is 0.410 e. The Kier molecular flexibility index (Phi) is 7.57. The van der Waals surface area contributed by atoms with Gasteiger partial charge in [-0.15, -0.1) is 0 Å². The van der Waals surface area contributed by atoms with E-state index in [0.29, 0.717) is 25.3 Å². The number of esters is 1. The van der Waals surface area contributed by atoms with Crippen LogP contribution in [0, 0.1) is 0 Å². The Labute approximate surface area is 189 Å². The number of hydrogen-bond acceptors (Lipinski definition) is 5. The first-order chi connectivity index (χ1) is 15.2. The van der Waals surface area contributed by atoms with Crippen LogP contribution in [-0.2, 0) is 14.3 Å². The van der Waals surface area contributed by atoms with Gasteiger partial charge in [0.2, 0.25) is 0 Å². The molecule has 0 spiro atoms. The fourth-order valence-corrected chi connectivity index (χ4v) is 3.52. The van der Waals surface area contributed by atoms with Gasteiger partial charge in [-0.05, 0) is 62.9 Å². The molecule has 1 atom stereocenters. The van der Waals surface area contributed by atoms with Crippen LogP contribution in [0.25, 0.3) is 5.57 Å². The predicted molar refractivity (Wildman–Crippen MR) is 123 cm³/mol. The lowest BCUT2D eigenvalue weighted by Crippen LogP contribution is -2.27. The molecule has 0 N–H and O–H groups in total. The van der Waals surface area contributed by atoms with E-state index in [1.165, 1.54) is 0 Å². The molecular formula is C26H31NO5. The van der Waals surface area contributed by atoms with Crippen molar-refractivity contribution in [3.05, 3.63) is 71.8 Å².